The molecular weight excluding hydrogens is 247 g/mol. The summed E-state index contributed by atoms with van der Waals surface area (Å²) < 4.78 is 40.3. The third-order valence-electron chi connectivity index (χ3n) is 2.60. The van der Waals surface area contributed by atoms with Crippen LogP contribution < -0.4 is 4.72 Å². The molecule has 1 fully saturated rings. The second kappa shape index (κ2) is 4.50. The number of nitrogens with one attached hydrogen (secondary N) is 1. The van der Waals surface area contributed by atoms with E-state index in [0.29, 0.717) is 13.1 Å². The normalized spacial score (nSPS) is 17.2. The van der Waals surface area contributed by atoms with Crippen LogP contribution in [-0.2, 0) is 10.2 Å². The Balaban J connectivity index is 2.17. The fraction of sp³-hybridized carbons (Fsp3) is 0.400. The monoisotopic (exact) mass is 260 g/mol. The van der Waals surface area contributed by atoms with Crippen LogP contribution in [0.25, 0.3) is 0 Å². The number of phenolic OH excluding ortho intramolecular Hbond substituents is 1. The van der Waals surface area contributed by atoms with E-state index < -0.39 is 21.8 Å². The van der Waals surface area contributed by atoms with Crippen molar-refractivity contribution in [3.05, 3.63) is 24.0 Å². The Bertz CT molecular complexity index is 512. The Morgan fingerprint density at radius 3 is 2.53 bits per heavy atom. The van der Waals surface area contributed by atoms with Crippen LogP contribution in [0, 0.1) is 5.82 Å². The van der Waals surface area contributed by atoms with Crippen LogP contribution in [-0.4, -0.2) is 30.9 Å². The van der Waals surface area contributed by atoms with Gasteiger partial charge in [0.1, 0.15) is 0 Å². The highest BCUT2D eigenvalue weighted by molar-refractivity contribution is 7.90. The van der Waals surface area contributed by atoms with E-state index in [0.717, 1.165) is 25.0 Å². The van der Waals surface area contributed by atoms with Gasteiger partial charge >= 0.3 is 10.2 Å². The maximum atomic E-state index is 13.0. The Labute approximate surface area is 99.1 Å². The predicted molar refractivity (Wildman–Crippen MR) is 61.4 cm³/mol. The highest BCUT2D eigenvalue weighted by Crippen LogP contribution is 2.21. The van der Waals surface area contributed by atoms with Crippen molar-refractivity contribution in [2.24, 2.45) is 0 Å². The van der Waals surface area contributed by atoms with E-state index in [1.807, 2.05) is 0 Å². The van der Waals surface area contributed by atoms with Crippen LogP contribution >= 0.6 is 0 Å². The molecule has 0 radical (unpaired) electrons. The summed E-state index contributed by atoms with van der Waals surface area (Å²) >= 11 is 0. The third kappa shape index (κ3) is 2.67. The highest BCUT2D eigenvalue weighted by atomic mass is 32.2. The molecule has 0 spiro atoms. The van der Waals surface area contributed by atoms with Crippen molar-refractivity contribution >= 4 is 15.9 Å². The first kappa shape index (κ1) is 12.1. The molecule has 1 aromatic carbocycles. The molecule has 0 amide bonds. The van der Waals surface area contributed by atoms with Crippen molar-refractivity contribution in [3.8, 4) is 5.75 Å². The molecular formula is C10H13FN2O3S. The molecule has 2 N–H and O–H groups in total. The van der Waals surface area contributed by atoms with Crippen LogP contribution in [0.15, 0.2) is 18.2 Å². The summed E-state index contributed by atoms with van der Waals surface area (Å²) in [6.07, 6.45) is 1.68. The lowest BCUT2D eigenvalue weighted by molar-refractivity contribution is 0.432. The molecule has 7 heteroatoms. The summed E-state index contributed by atoms with van der Waals surface area (Å²) in [4.78, 5) is 0. The molecule has 0 aromatic heterocycles. The lowest BCUT2D eigenvalue weighted by atomic mass is 10.3. The minimum Gasteiger partial charge on any atom is -0.505 e. The second-order valence-corrected chi connectivity index (χ2v) is 5.55. The molecule has 0 saturated carbocycles. The third-order valence-corrected chi connectivity index (χ3v) is 4.14. The van der Waals surface area contributed by atoms with E-state index in [-0.39, 0.29) is 5.69 Å². The van der Waals surface area contributed by atoms with Crippen molar-refractivity contribution in [1.29, 1.82) is 0 Å². The van der Waals surface area contributed by atoms with Crippen molar-refractivity contribution in [2.45, 2.75) is 12.8 Å². The van der Waals surface area contributed by atoms with Crippen molar-refractivity contribution in [1.82, 2.24) is 4.31 Å². The number of anilines is 1. The molecule has 1 heterocycles. The number of benzene rings is 1. The number of phenols is 1. The van der Waals surface area contributed by atoms with Gasteiger partial charge in [-0.1, -0.05) is 0 Å². The molecule has 1 aliphatic rings. The SMILES string of the molecule is O=S(=O)(Nc1ccc(O)c(F)c1)N1CCCC1. The highest BCUT2D eigenvalue weighted by Gasteiger charge is 2.25. The van der Waals surface area contributed by atoms with Gasteiger partial charge in [-0.3, -0.25) is 4.72 Å². The summed E-state index contributed by atoms with van der Waals surface area (Å²) in [5.41, 5.74) is 0.104. The maximum Gasteiger partial charge on any atom is 0.301 e. The molecule has 0 atom stereocenters. The standard InChI is InChI=1S/C10H13FN2O3S/c11-9-7-8(3-4-10(9)14)12-17(15,16)13-5-1-2-6-13/h3-4,7,12,14H,1-2,5-6H2. The zero-order valence-electron chi connectivity index (χ0n) is 9.06. The van der Waals surface area contributed by atoms with Gasteiger partial charge < -0.3 is 5.11 Å². The van der Waals surface area contributed by atoms with Crippen LogP contribution in [0.2, 0.25) is 0 Å². The number of hydrogen-bond acceptors (Lipinski definition) is 3. The first-order valence-electron chi connectivity index (χ1n) is 5.25. The van der Waals surface area contributed by atoms with Gasteiger partial charge in [0.2, 0.25) is 0 Å². The average Bonchev–Trinajstić information content (AvgIpc) is 2.77. The number of hydrogen-bond donors (Lipinski definition) is 2. The minimum absolute atomic E-state index is 0.104. The van der Waals surface area contributed by atoms with Gasteiger partial charge in [0.05, 0.1) is 5.69 Å². The summed E-state index contributed by atoms with van der Waals surface area (Å²) in [6, 6.07) is 3.37. The predicted octanol–water partition coefficient (Wildman–Crippen LogP) is 1.28. The van der Waals surface area contributed by atoms with Gasteiger partial charge in [-0.15, -0.1) is 0 Å². The van der Waals surface area contributed by atoms with Gasteiger partial charge in [-0.25, -0.2) is 4.39 Å². The van der Waals surface area contributed by atoms with E-state index in [2.05, 4.69) is 4.72 Å². The van der Waals surface area contributed by atoms with Gasteiger partial charge in [0.25, 0.3) is 0 Å². The van der Waals surface area contributed by atoms with Crippen LogP contribution in [0.3, 0.4) is 0 Å². The van der Waals surface area contributed by atoms with E-state index in [1.165, 1.54) is 10.4 Å². The summed E-state index contributed by atoms with van der Waals surface area (Å²) in [6.45, 7) is 0.964. The second-order valence-electron chi connectivity index (χ2n) is 3.88. The number of rotatable bonds is 3. The van der Waals surface area contributed by atoms with E-state index in [4.69, 9.17) is 5.11 Å². The van der Waals surface area contributed by atoms with Crippen LogP contribution in [0.1, 0.15) is 12.8 Å². The molecule has 0 unspecified atom stereocenters. The molecule has 94 valence electrons. The number of aromatic hydroxyl groups is 1. The van der Waals surface area contributed by atoms with Crippen molar-refractivity contribution in [2.75, 3.05) is 17.8 Å². The molecule has 1 saturated heterocycles. The Hall–Kier alpha value is -1.34. The van der Waals surface area contributed by atoms with E-state index in [1.54, 1.807) is 0 Å². The van der Waals surface area contributed by atoms with Gasteiger partial charge in [0, 0.05) is 19.2 Å². The molecule has 0 aliphatic carbocycles. The topological polar surface area (TPSA) is 69.6 Å². The largest absolute Gasteiger partial charge is 0.505 e. The van der Waals surface area contributed by atoms with Crippen LogP contribution in [0.5, 0.6) is 5.75 Å². The van der Waals surface area contributed by atoms with E-state index in [9.17, 15) is 12.8 Å². The minimum atomic E-state index is -3.61. The van der Waals surface area contributed by atoms with E-state index >= 15 is 0 Å². The zero-order chi connectivity index (χ0) is 12.5. The Morgan fingerprint density at radius 1 is 1.29 bits per heavy atom. The number of halogens is 1. The van der Waals surface area contributed by atoms with Gasteiger partial charge in [-0.05, 0) is 25.0 Å². The molecule has 17 heavy (non-hydrogen) atoms. The molecule has 2 rings (SSSR count). The van der Waals surface area contributed by atoms with Crippen LogP contribution in [0.4, 0.5) is 10.1 Å². The summed E-state index contributed by atoms with van der Waals surface area (Å²) in [5, 5.41) is 8.99. The Morgan fingerprint density at radius 2 is 1.94 bits per heavy atom. The maximum absolute atomic E-state index is 13.0. The smallest absolute Gasteiger partial charge is 0.301 e. The summed E-state index contributed by atoms with van der Waals surface area (Å²) in [7, 11) is -3.61. The number of nitrogens with zero attached hydrogens (tertiary/aromatic N) is 1. The lowest BCUT2D eigenvalue weighted by Crippen LogP contribution is -2.33. The molecule has 5 nitrogen and oxygen atoms in total. The Kier molecular flexibility index (Phi) is 3.21. The first-order valence-corrected chi connectivity index (χ1v) is 6.69. The quantitative estimate of drug-likeness (QED) is 0.804. The van der Waals surface area contributed by atoms with Gasteiger partial charge in [0.15, 0.2) is 11.6 Å². The summed E-state index contributed by atoms with van der Waals surface area (Å²) in [5.74, 6) is -1.36. The molecule has 0 bridgehead atoms. The van der Waals surface area contributed by atoms with Crippen molar-refractivity contribution in [3.63, 3.8) is 0 Å². The molecule has 1 aliphatic heterocycles. The fourth-order valence-corrected chi connectivity index (χ4v) is 3.01. The fourth-order valence-electron chi connectivity index (χ4n) is 1.71. The lowest BCUT2D eigenvalue weighted by Gasteiger charge is -2.16. The van der Waals surface area contributed by atoms with Gasteiger partial charge in [-0.2, -0.15) is 12.7 Å². The zero-order valence-corrected chi connectivity index (χ0v) is 9.87. The first-order chi connectivity index (χ1) is 7.99. The molecule has 1 aromatic rings. The average molecular weight is 260 g/mol. The van der Waals surface area contributed by atoms with Crippen molar-refractivity contribution < 1.29 is 17.9 Å².